The minimum atomic E-state index is -5.08. The largest absolute Gasteiger partial charge is 0.490 e. The molecule has 240 valence electrons. The number of hydrogen-bond donors (Lipinski definition) is 5. The highest BCUT2D eigenvalue weighted by molar-refractivity contribution is 6.07. The van der Waals surface area contributed by atoms with Gasteiger partial charge in [0.25, 0.3) is 17.7 Å². The van der Waals surface area contributed by atoms with Crippen molar-refractivity contribution in [3.05, 3.63) is 53.9 Å². The van der Waals surface area contributed by atoms with Crippen molar-refractivity contribution in [1.82, 2.24) is 23.9 Å². The lowest BCUT2D eigenvalue weighted by atomic mass is 10.3. The van der Waals surface area contributed by atoms with Gasteiger partial charge in [-0.2, -0.15) is 13.2 Å². The van der Waals surface area contributed by atoms with Gasteiger partial charge in [0.1, 0.15) is 17.1 Å². The predicted molar refractivity (Wildman–Crippen MR) is 156 cm³/mol. The van der Waals surface area contributed by atoms with E-state index in [9.17, 15) is 32.3 Å². The van der Waals surface area contributed by atoms with Gasteiger partial charge in [0.2, 0.25) is 5.91 Å². The van der Waals surface area contributed by atoms with Gasteiger partial charge in [-0.15, -0.1) is 0 Å². The topological polar surface area (TPSA) is 172 Å². The predicted octanol–water partition coefficient (Wildman–Crippen LogP) is 2.48. The SMILES string of the molecule is CC(=O)Nc1cc(C(=O)Nc2cc(C(=O)Nc3cc(C(=O)NCCCN(C)C)n(C)c3)n(C)c2)n(C)c1.O=C(O)C(F)(F)F. The van der Waals surface area contributed by atoms with E-state index >= 15 is 0 Å². The molecule has 17 heteroatoms. The van der Waals surface area contributed by atoms with Gasteiger partial charge in [-0.1, -0.05) is 0 Å². The Kier molecular flexibility index (Phi) is 11.9. The second-order valence-electron chi connectivity index (χ2n) is 9.98. The number of halogens is 3. The monoisotopic (exact) mass is 624 g/mol. The van der Waals surface area contributed by atoms with Crippen LogP contribution in [-0.4, -0.2) is 86.7 Å². The van der Waals surface area contributed by atoms with Gasteiger partial charge in [0.05, 0.1) is 17.1 Å². The summed E-state index contributed by atoms with van der Waals surface area (Å²) in [6, 6.07) is 4.75. The Labute approximate surface area is 250 Å². The molecule has 0 aliphatic carbocycles. The molecule has 0 aromatic carbocycles. The molecular formula is C27H35F3N8O6. The maximum Gasteiger partial charge on any atom is 0.490 e. The smallest absolute Gasteiger partial charge is 0.475 e. The minimum absolute atomic E-state index is 0.215. The lowest BCUT2D eigenvalue weighted by Crippen LogP contribution is -2.28. The zero-order chi connectivity index (χ0) is 33.4. The van der Waals surface area contributed by atoms with Gasteiger partial charge in [-0.3, -0.25) is 19.2 Å². The van der Waals surface area contributed by atoms with Crippen LogP contribution in [0.25, 0.3) is 0 Å². The molecule has 0 spiro atoms. The molecule has 0 saturated carbocycles. The first-order valence-electron chi connectivity index (χ1n) is 13.0. The molecule has 3 heterocycles. The quantitative estimate of drug-likeness (QED) is 0.216. The Bertz CT molecular complexity index is 1520. The Hall–Kier alpha value is -5.06. The van der Waals surface area contributed by atoms with Crippen molar-refractivity contribution in [3.63, 3.8) is 0 Å². The number of carbonyl (C=O) groups excluding carboxylic acids is 4. The van der Waals surface area contributed by atoms with Crippen molar-refractivity contribution in [3.8, 4) is 0 Å². The van der Waals surface area contributed by atoms with Gasteiger partial charge < -0.3 is 45.0 Å². The molecule has 0 saturated heterocycles. The molecule has 44 heavy (non-hydrogen) atoms. The van der Waals surface area contributed by atoms with Gasteiger partial charge in [-0.05, 0) is 45.3 Å². The highest BCUT2D eigenvalue weighted by atomic mass is 19.4. The minimum Gasteiger partial charge on any atom is -0.475 e. The molecule has 5 N–H and O–H groups in total. The summed E-state index contributed by atoms with van der Waals surface area (Å²) >= 11 is 0. The molecule has 4 amide bonds. The van der Waals surface area contributed by atoms with E-state index in [-0.39, 0.29) is 17.7 Å². The fourth-order valence-electron chi connectivity index (χ4n) is 3.86. The standard InChI is InChI=1S/C25H34N8O4.C2HF3O2/c1-16(34)27-17-10-21(32(5)13-17)24(36)29-19-12-22(33(6)15-19)25(37)28-18-11-20(31(4)14-18)23(35)26-8-7-9-30(2)3;3-2(4,5)1(6)7/h10-15H,7-9H2,1-6H3,(H,26,35)(H,27,34)(H,28,37)(H,29,36);(H,6,7). The molecule has 0 aliphatic heterocycles. The highest BCUT2D eigenvalue weighted by Crippen LogP contribution is 2.19. The molecule has 0 bridgehead atoms. The van der Waals surface area contributed by atoms with E-state index in [1.165, 1.54) is 6.92 Å². The normalized spacial score (nSPS) is 11.0. The molecule has 3 rings (SSSR count). The number of alkyl halides is 3. The van der Waals surface area contributed by atoms with Crippen molar-refractivity contribution in [2.75, 3.05) is 43.1 Å². The summed E-state index contributed by atoms with van der Waals surface area (Å²) in [5.41, 5.74) is 2.52. The maximum absolute atomic E-state index is 12.9. The van der Waals surface area contributed by atoms with Crippen LogP contribution < -0.4 is 21.3 Å². The Morgan fingerprint density at radius 3 is 1.45 bits per heavy atom. The molecule has 0 aliphatic rings. The number of anilines is 3. The summed E-state index contributed by atoms with van der Waals surface area (Å²) in [6.45, 7) is 2.82. The summed E-state index contributed by atoms with van der Waals surface area (Å²) in [4.78, 5) is 60.4. The van der Waals surface area contributed by atoms with Gasteiger partial charge in [0, 0.05) is 53.2 Å². The van der Waals surface area contributed by atoms with Crippen molar-refractivity contribution in [2.45, 2.75) is 19.5 Å². The van der Waals surface area contributed by atoms with Gasteiger partial charge >= 0.3 is 12.1 Å². The second kappa shape index (κ2) is 14.9. The molecular weight excluding hydrogens is 589 g/mol. The Balaban J connectivity index is 0.000000860. The number of aliphatic carboxylic acids is 1. The van der Waals surface area contributed by atoms with E-state index in [4.69, 9.17) is 9.90 Å². The molecule has 3 aromatic rings. The molecule has 0 fully saturated rings. The summed E-state index contributed by atoms with van der Waals surface area (Å²) in [6.07, 6.45) is 0.681. The van der Waals surface area contributed by atoms with Gasteiger partial charge in [-0.25, -0.2) is 4.79 Å². The number of nitrogens with one attached hydrogen (secondary N) is 4. The van der Waals surface area contributed by atoms with Crippen LogP contribution in [-0.2, 0) is 30.7 Å². The molecule has 0 radical (unpaired) electrons. The number of carbonyl (C=O) groups is 5. The van der Waals surface area contributed by atoms with Crippen molar-refractivity contribution >= 4 is 46.7 Å². The zero-order valence-corrected chi connectivity index (χ0v) is 25.0. The van der Waals surface area contributed by atoms with E-state index in [2.05, 4.69) is 26.2 Å². The second-order valence-corrected chi connectivity index (χ2v) is 9.98. The van der Waals surface area contributed by atoms with Crippen molar-refractivity contribution in [1.29, 1.82) is 0 Å². The van der Waals surface area contributed by atoms with E-state index < -0.39 is 18.1 Å². The highest BCUT2D eigenvalue weighted by Gasteiger charge is 2.38. The molecule has 0 unspecified atom stereocenters. The van der Waals surface area contributed by atoms with Crippen LogP contribution in [0.2, 0.25) is 0 Å². The van der Waals surface area contributed by atoms with Crippen LogP contribution in [0.3, 0.4) is 0 Å². The first kappa shape index (κ1) is 35.1. The third-order valence-corrected chi connectivity index (χ3v) is 5.86. The number of carboxylic acid groups (broad SMARTS) is 1. The average Bonchev–Trinajstić information content (AvgIpc) is 3.56. The van der Waals surface area contributed by atoms with E-state index in [1.807, 2.05) is 14.1 Å². The summed E-state index contributed by atoms with van der Waals surface area (Å²) in [5.74, 6) is -3.98. The van der Waals surface area contributed by atoms with E-state index in [0.717, 1.165) is 13.0 Å². The molecule has 3 aromatic heterocycles. The average molecular weight is 625 g/mol. The lowest BCUT2D eigenvalue weighted by molar-refractivity contribution is -0.192. The summed E-state index contributed by atoms with van der Waals surface area (Å²) < 4.78 is 36.6. The van der Waals surface area contributed by atoms with Crippen LogP contribution in [0.1, 0.15) is 44.8 Å². The lowest BCUT2D eigenvalue weighted by Gasteiger charge is -2.10. The van der Waals surface area contributed by atoms with Crippen LogP contribution >= 0.6 is 0 Å². The van der Waals surface area contributed by atoms with Crippen LogP contribution in [0, 0.1) is 0 Å². The maximum atomic E-state index is 12.9. The van der Waals surface area contributed by atoms with Crippen LogP contribution in [0.5, 0.6) is 0 Å². The van der Waals surface area contributed by atoms with Crippen LogP contribution in [0.4, 0.5) is 30.2 Å². The fourth-order valence-corrected chi connectivity index (χ4v) is 3.86. The number of amides is 4. The third-order valence-electron chi connectivity index (χ3n) is 5.86. The summed E-state index contributed by atoms with van der Waals surface area (Å²) in [7, 11) is 9.08. The summed E-state index contributed by atoms with van der Waals surface area (Å²) in [5, 5.41) is 18.2. The first-order valence-corrected chi connectivity index (χ1v) is 13.0. The fraction of sp³-hybridized carbons (Fsp3) is 0.370. The van der Waals surface area contributed by atoms with E-state index in [0.29, 0.717) is 40.7 Å². The van der Waals surface area contributed by atoms with Crippen molar-refractivity contribution in [2.24, 2.45) is 21.1 Å². The number of hydrogen-bond acceptors (Lipinski definition) is 6. The molecule has 14 nitrogen and oxygen atoms in total. The van der Waals surface area contributed by atoms with Gasteiger partial charge in [0.15, 0.2) is 0 Å². The van der Waals surface area contributed by atoms with E-state index in [1.54, 1.807) is 71.6 Å². The van der Waals surface area contributed by atoms with Crippen molar-refractivity contribution < 1.29 is 42.3 Å². The number of aryl methyl sites for hydroxylation is 3. The number of rotatable bonds is 10. The number of aromatic nitrogens is 3. The number of nitrogens with zero attached hydrogens (tertiary/aromatic N) is 4. The first-order chi connectivity index (χ1) is 20.4. The number of carboxylic acids is 1. The Morgan fingerprint density at radius 2 is 1.11 bits per heavy atom. The van der Waals surface area contributed by atoms with Crippen LogP contribution in [0.15, 0.2) is 36.8 Å². The Morgan fingerprint density at radius 1 is 0.750 bits per heavy atom. The molecule has 0 atom stereocenters. The zero-order valence-electron chi connectivity index (χ0n) is 25.0. The third kappa shape index (κ3) is 10.3.